The Morgan fingerprint density at radius 2 is 2.43 bits per heavy atom. The first-order valence-electron chi connectivity index (χ1n) is 1.72. The van der Waals surface area contributed by atoms with E-state index in [1.54, 1.807) is 0 Å². The molecule has 0 unspecified atom stereocenters. The summed E-state index contributed by atoms with van der Waals surface area (Å²) in [4.78, 5) is 9.69. The molecular formula is C3H5ClO2S. The van der Waals surface area contributed by atoms with E-state index < -0.39 is 5.97 Å². The fourth-order valence-electron chi connectivity index (χ4n) is 0.126. The lowest BCUT2D eigenvalue weighted by Crippen LogP contribution is -1.94. The van der Waals surface area contributed by atoms with E-state index in [2.05, 4.69) is 0 Å². The highest BCUT2D eigenvalue weighted by molar-refractivity contribution is 8.21. The number of carboxylic acid groups (broad SMARTS) is 1. The maximum absolute atomic E-state index is 9.69. The maximum atomic E-state index is 9.69. The molecule has 0 amide bonds. The lowest BCUT2D eigenvalue weighted by molar-refractivity contribution is -0.136. The highest BCUT2D eigenvalue weighted by atomic mass is 35.7. The third-order valence-electron chi connectivity index (χ3n) is 0.393. The van der Waals surface area contributed by atoms with Crippen LogP contribution in [0.3, 0.4) is 0 Å². The fraction of sp³-hybridized carbons (Fsp3) is 0.667. The molecule has 1 N–H and O–H groups in total. The highest BCUT2D eigenvalue weighted by Gasteiger charge is 1.92. The van der Waals surface area contributed by atoms with Gasteiger partial charge in [0.1, 0.15) is 0 Å². The third kappa shape index (κ3) is 6.11. The van der Waals surface area contributed by atoms with Gasteiger partial charge in [0.25, 0.3) is 0 Å². The second-order valence-electron chi connectivity index (χ2n) is 0.957. The summed E-state index contributed by atoms with van der Waals surface area (Å²) >= 11 is 0. The Kier molecular flexibility index (Phi) is 4.34. The summed E-state index contributed by atoms with van der Waals surface area (Å²) in [6, 6.07) is 0. The number of hydrogen-bond acceptors (Lipinski definition) is 2. The minimum absolute atomic E-state index is 0.147. The number of hydrogen-bond donors (Lipinski definition) is 1. The van der Waals surface area contributed by atoms with E-state index in [1.165, 1.54) is 0 Å². The molecule has 0 spiro atoms. The van der Waals surface area contributed by atoms with Crippen molar-refractivity contribution in [3.8, 4) is 0 Å². The topological polar surface area (TPSA) is 37.3 Å². The number of halogens is 1. The van der Waals surface area contributed by atoms with Crippen molar-refractivity contribution in [3.63, 3.8) is 0 Å². The maximum Gasteiger partial charge on any atom is 0.304 e. The Hall–Kier alpha value is 0.110. The first-order chi connectivity index (χ1) is 3.27. The second-order valence-corrected chi connectivity index (χ2v) is 2.24. The molecule has 4 heteroatoms. The third-order valence-corrected chi connectivity index (χ3v) is 1.21. The van der Waals surface area contributed by atoms with E-state index in [1.807, 2.05) is 0 Å². The fourth-order valence-corrected chi connectivity index (χ4v) is 0.609. The molecule has 0 radical (unpaired) electrons. The van der Waals surface area contributed by atoms with Crippen LogP contribution >= 0.6 is 21.7 Å². The number of carboxylic acids is 1. The predicted octanol–water partition coefficient (Wildman–Crippen LogP) is 1.35. The van der Waals surface area contributed by atoms with Crippen LogP contribution < -0.4 is 0 Å². The summed E-state index contributed by atoms with van der Waals surface area (Å²) in [5.41, 5.74) is 0. The zero-order valence-corrected chi connectivity index (χ0v) is 5.13. The van der Waals surface area contributed by atoms with Crippen molar-refractivity contribution in [3.05, 3.63) is 0 Å². The summed E-state index contributed by atoms with van der Waals surface area (Å²) in [7, 11) is 6.12. The van der Waals surface area contributed by atoms with Crippen molar-refractivity contribution >= 4 is 27.6 Å². The van der Waals surface area contributed by atoms with Gasteiger partial charge in [0, 0.05) is 5.75 Å². The molecule has 0 aliphatic heterocycles. The summed E-state index contributed by atoms with van der Waals surface area (Å²) in [6.07, 6.45) is 0.147. The van der Waals surface area contributed by atoms with Crippen LogP contribution in [0.1, 0.15) is 6.42 Å². The molecule has 7 heavy (non-hydrogen) atoms. The number of carbonyl (C=O) groups is 1. The van der Waals surface area contributed by atoms with Gasteiger partial charge in [-0.05, 0) is 10.7 Å². The molecular weight excluding hydrogens is 136 g/mol. The molecule has 0 heterocycles. The van der Waals surface area contributed by atoms with E-state index in [-0.39, 0.29) is 6.42 Å². The lowest BCUT2D eigenvalue weighted by Gasteiger charge is -1.83. The van der Waals surface area contributed by atoms with Crippen LogP contribution in [0.5, 0.6) is 0 Å². The molecule has 0 fully saturated rings. The standard InChI is InChI=1S/C3H5ClO2S/c4-7-2-1-3(5)6/h1-2H2,(H,5,6). The molecule has 0 saturated carbocycles. The Balaban J connectivity index is 2.82. The van der Waals surface area contributed by atoms with Crippen LogP contribution in [0.4, 0.5) is 0 Å². The van der Waals surface area contributed by atoms with Crippen LogP contribution in [0.15, 0.2) is 0 Å². The SMILES string of the molecule is O=C(O)CCSCl. The van der Waals surface area contributed by atoms with Crippen LogP contribution in [0, 0.1) is 0 Å². The molecule has 0 bridgehead atoms. The van der Waals surface area contributed by atoms with E-state index in [9.17, 15) is 4.79 Å². The predicted molar refractivity (Wildman–Crippen MR) is 30.6 cm³/mol. The van der Waals surface area contributed by atoms with Crippen molar-refractivity contribution in [2.45, 2.75) is 6.42 Å². The Morgan fingerprint density at radius 3 is 2.57 bits per heavy atom. The quantitative estimate of drug-likeness (QED) is 0.643. The van der Waals surface area contributed by atoms with E-state index in [0.717, 1.165) is 11.0 Å². The average Bonchev–Trinajstić information content (AvgIpc) is 1.61. The van der Waals surface area contributed by atoms with Crippen molar-refractivity contribution in [1.29, 1.82) is 0 Å². The van der Waals surface area contributed by atoms with Crippen LogP contribution in [0.25, 0.3) is 0 Å². The normalized spacial score (nSPS) is 8.71. The molecule has 0 atom stereocenters. The van der Waals surface area contributed by atoms with Gasteiger partial charge < -0.3 is 5.11 Å². The van der Waals surface area contributed by atoms with Crippen molar-refractivity contribution in [2.75, 3.05) is 5.75 Å². The van der Waals surface area contributed by atoms with Gasteiger partial charge in [-0.1, -0.05) is 11.0 Å². The first-order valence-corrected chi connectivity index (χ1v) is 3.54. The summed E-state index contributed by atoms with van der Waals surface area (Å²) < 4.78 is 0. The van der Waals surface area contributed by atoms with E-state index in [4.69, 9.17) is 15.8 Å². The molecule has 0 aliphatic rings. The van der Waals surface area contributed by atoms with Gasteiger partial charge >= 0.3 is 5.97 Å². The molecule has 0 aliphatic carbocycles. The number of aliphatic carboxylic acids is 1. The molecule has 0 aromatic carbocycles. The van der Waals surface area contributed by atoms with Gasteiger partial charge in [-0.3, -0.25) is 4.79 Å². The smallest absolute Gasteiger partial charge is 0.304 e. The largest absolute Gasteiger partial charge is 0.481 e. The van der Waals surface area contributed by atoms with E-state index in [0.29, 0.717) is 5.75 Å². The zero-order valence-electron chi connectivity index (χ0n) is 3.56. The Bertz CT molecular complexity index is 66.0. The van der Waals surface area contributed by atoms with Crippen LogP contribution in [-0.4, -0.2) is 16.8 Å². The minimum Gasteiger partial charge on any atom is -0.481 e. The summed E-state index contributed by atoms with van der Waals surface area (Å²) in [6.45, 7) is 0. The van der Waals surface area contributed by atoms with Gasteiger partial charge in [0.15, 0.2) is 0 Å². The lowest BCUT2D eigenvalue weighted by atomic mass is 10.5. The summed E-state index contributed by atoms with van der Waals surface area (Å²) in [5.74, 6) is -0.315. The molecule has 0 aromatic rings. The molecule has 0 rings (SSSR count). The number of rotatable bonds is 3. The van der Waals surface area contributed by atoms with Gasteiger partial charge in [-0.25, -0.2) is 0 Å². The molecule has 0 saturated heterocycles. The van der Waals surface area contributed by atoms with Gasteiger partial charge in [-0.2, -0.15) is 0 Å². The summed E-state index contributed by atoms with van der Waals surface area (Å²) in [5, 5.41) is 7.97. The Labute approximate surface area is 50.4 Å². The first kappa shape index (κ1) is 7.11. The molecule has 2 nitrogen and oxygen atoms in total. The second kappa shape index (κ2) is 4.27. The zero-order chi connectivity index (χ0) is 5.70. The van der Waals surface area contributed by atoms with Gasteiger partial charge in [-0.15, -0.1) is 0 Å². The van der Waals surface area contributed by atoms with Crippen molar-refractivity contribution in [1.82, 2.24) is 0 Å². The van der Waals surface area contributed by atoms with Crippen molar-refractivity contribution in [2.24, 2.45) is 0 Å². The minimum atomic E-state index is -0.798. The average molecular weight is 141 g/mol. The van der Waals surface area contributed by atoms with Crippen LogP contribution in [-0.2, 0) is 4.79 Å². The van der Waals surface area contributed by atoms with Gasteiger partial charge in [0.05, 0.1) is 6.42 Å². The molecule has 42 valence electrons. The van der Waals surface area contributed by atoms with Gasteiger partial charge in [0.2, 0.25) is 0 Å². The van der Waals surface area contributed by atoms with Crippen molar-refractivity contribution < 1.29 is 9.90 Å². The van der Waals surface area contributed by atoms with E-state index >= 15 is 0 Å². The monoisotopic (exact) mass is 140 g/mol. The van der Waals surface area contributed by atoms with Crippen LogP contribution in [0.2, 0.25) is 0 Å². The molecule has 0 aromatic heterocycles. The Morgan fingerprint density at radius 1 is 1.86 bits per heavy atom. The highest BCUT2D eigenvalue weighted by Crippen LogP contribution is 2.05.